The third-order valence-corrected chi connectivity index (χ3v) is 3.47. The Morgan fingerprint density at radius 1 is 1.53 bits per heavy atom. The number of aromatic nitrogens is 1. The van der Waals surface area contributed by atoms with E-state index in [0.717, 1.165) is 36.8 Å². The van der Waals surface area contributed by atoms with Crippen LogP contribution in [0.3, 0.4) is 0 Å². The summed E-state index contributed by atoms with van der Waals surface area (Å²) in [6.07, 6.45) is 5.57. The first-order valence-corrected chi connectivity index (χ1v) is 6.71. The molecule has 0 radical (unpaired) electrons. The van der Waals surface area contributed by atoms with E-state index in [4.69, 9.17) is 17.3 Å². The van der Waals surface area contributed by atoms with E-state index in [1.807, 2.05) is 6.07 Å². The van der Waals surface area contributed by atoms with Crippen molar-refractivity contribution in [2.24, 2.45) is 11.7 Å². The summed E-state index contributed by atoms with van der Waals surface area (Å²) in [6.45, 7) is 4.83. The first kappa shape index (κ1) is 12.7. The van der Waals surface area contributed by atoms with Crippen LogP contribution in [-0.4, -0.2) is 18.1 Å². The van der Waals surface area contributed by atoms with Crippen molar-refractivity contribution in [1.29, 1.82) is 0 Å². The van der Waals surface area contributed by atoms with Gasteiger partial charge in [-0.05, 0) is 36.8 Å². The van der Waals surface area contributed by atoms with Crippen LogP contribution in [0, 0.1) is 5.92 Å². The molecule has 0 saturated heterocycles. The number of halogens is 1. The summed E-state index contributed by atoms with van der Waals surface area (Å²) in [6, 6.07) is 2.03. The fourth-order valence-corrected chi connectivity index (χ4v) is 2.16. The summed E-state index contributed by atoms with van der Waals surface area (Å²) in [5, 5.41) is 0.666. The van der Waals surface area contributed by atoms with E-state index < -0.39 is 0 Å². The molecular formula is C13H20ClN3. The van der Waals surface area contributed by atoms with E-state index in [2.05, 4.69) is 16.8 Å². The second-order valence-electron chi connectivity index (χ2n) is 4.73. The number of nitrogens with two attached hydrogens (primary N) is 1. The van der Waals surface area contributed by atoms with Gasteiger partial charge in [0.2, 0.25) is 0 Å². The SMILES string of the molecule is CCCN(CC1CC1)c1cc(CN)c(Cl)cn1. The van der Waals surface area contributed by atoms with Gasteiger partial charge in [-0.2, -0.15) is 0 Å². The maximum Gasteiger partial charge on any atom is 0.128 e. The van der Waals surface area contributed by atoms with Gasteiger partial charge >= 0.3 is 0 Å². The molecule has 0 aliphatic heterocycles. The van der Waals surface area contributed by atoms with E-state index >= 15 is 0 Å². The monoisotopic (exact) mass is 253 g/mol. The van der Waals surface area contributed by atoms with Crippen LogP contribution < -0.4 is 10.6 Å². The molecule has 0 aromatic carbocycles. The van der Waals surface area contributed by atoms with E-state index in [9.17, 15) is 0 Å². The molecule has 0 bridgehead atoms. The Balaban J connectivity index is 2.15. The highest BCUT2D eigenvalue weighted by atomic mass is 35.5. The van der Waals surface area contributed by atoms with Crippen LogP contribution in [-0.2, 0) is 6.54 Å². The molecule has 17 heavy (non-hydrogen) atoms. The van der Waals surface area contributed by atoms with Gasteiger partial charge in [-0.15, -0.1) is 0 Å². The van der Waals surface area contributed by atoms with Crippen LogP contribution in [0.5, 0.6) is 0 Å². The number of anilines is 1. The number of pyridine rings is 1. The molecule has 0 atom stereocenters. The lowest BCUT2D eigenvalue weighted by Crippen LogP contribution is -2.27. The van der Waals surface area contributed by atoms with Crippen molar-refractivity contribution in [2.45, 2.75) is 32.7 Å². The standard InChI is InChI=1S/C13H20ClN3/c1-2-5-17(9-10-3-4-10)13-6-11(7-15)12(14)8-16-13/h6,8,10H,2-5,7,9,15H2,1H3. The minimum Gasteiger partial charge on any atom is -0.356 e. The molecule has 1 aliphatic rings. The zero-order valence-electron chi connectivity index (χ0n) is 10.3. The highest BCUT2D eigenvalue weighted by Crippen LogP contribution is 2.31. The zero-order chi connectivity index (χ0) is 12.3. The maximum absolute atomic E-state index is 6.04. The van der Waals surface area contributed by atoms with Crippen molar-refractivity contribution < 1.29 is 0 Å². The van der Waals surface area contributed by atoms with Crippen LogP contribution >= 0.6 is 11.6 Å². The molecular weight excluding hydrogens is 234 g/mol. The topological polar surface area (TPSA) is 42.1 Å². The van der Waals surface area contributed by atoms with Gasteiger partial charge in [-0.3, -0.25) is 0 Å². The predicted octanol–water partition coefficient (Wildman–Crippen LogP) is 2.82. The van der Waals surface area contributed by atoms with Crippen molar-refractivity contribution in [2.75, 3.05) is 18.0 Å². The Labute approximate surface area is 108 Å². The molecule has 0 unspecified atom stereocenters. The van der Waals surface area contributed by atoms with E-state index in [-0.39, 0.29) is 0 Å². The van der Waals surface area contributed by atoms with E-state index in [0.29, 0.717) is 11.6 Å². The van der Waals surface area contributed by atoms with Crippen LogP contribution in [0.25, 0.3) is 0 Å². The van der Waals surface area contributed by atoms with Gasteiger partial charge in [0.05, 0.1) is 5.02 Å². The minimum absolute atomic E-state index is 0.470. The Hall–Kier alpha value is -0.800. The van der Waals surface area contributed by atoms with Gasteiger partial charge in [0.15, 0.2) is 0 Å². The fraction of sp³-hybridized carbons (Fsp3) is 0.615. The molecule has 1 aromatic rings. The van der Waals surface area contributed by atoms with Gasteiger partial charge in [0.25, 0.3) is 0 Å². The Morgan fingerprint density at radius 3 is 2.88 bits per heavy atom. The molecule has 94 valence electrons. The highest BCUT2D eigenvalue weighted by molar-refractivity contribution is 6.31. The fourth-order valence-electron chi connectivity index (χ4n) is 1.98. The normalized spacial score (nSPS) is 15.0. The van der Waals surface area contributed by atoms with Crippen LogP contribution in [0.1, 0.15) is 31.7 Å². The summed E-state index contributed by atoms with van der Waals surface area (Å²) < 4.78 is 0. The van der Waals surface area contributed by atoms with Gasteiger partial charge in [0, 0.05) is 25.8 Å². The lowest BCUT2D eigenvalue weighted by molar-refractivity contribution is 0.698. The third kappa shape index (κ3) is 3.33. The quantitative estimate of drug-likeness (QED) is 0.848. The molecule has 1 fully saturated rings. The second kappa shape index (κ2) is 5.69. The van der Waals surface area contributed by atoms with Crippen LogP contribution in [0.2, 0.25) is 5.02 Å². The summed E-state index contributed by atoms with van der Waals surface area (Å²) in [5.41, 5.74) is 6.66. The van der Waals surface area contributed by atoms with Crippen molar-refractivity contribution in [3.63, 3.8) is 0 Å². The van der Waals surface area contributed by atoms with Crippen molar-refractivity contribution in [3.8, 4) is 0 Å². The Morgan fingerprint density at radius 2 is 2.29 bits per heavy atom. The third-order valence-electron chi connectivity index (χ3n) is 3.13. The van der Waals surface area contributed by atoms with Crippen molar-refractivity contribution in [3.05, 3.63) is 22.8 Å². The molecule has 0 spiro atoms. The number of hydrogen-bond acceptors (Lipinski definition) is 3. The van der Waals surface area contributed by atoms with E-state index in [1.54, 1.807) is 6.20 Å². The Kier molecular flexibility index (Phi) is 4.24. The molecule has 1 aliphatic carbocycles. The molecule has 1 saturated carbocycles. The second-order valence-corrected chi connectivity index (χ2v) is 5.13. The molecule has 3 nitrogen and oxygen atoms in total. The summed E-state index contributed by atoms with van der Waals surface area (Å²) in [7, 11) is 0. The molecule has 4 heteroatoms. The smallest absolute Gasteiger partial charge is 0.128 e. The molecule has 2 rings (SSSR count). The predicted molar refractivity (Wildman–Crippen MR) is 72.4 cm³/mol. The first-order chi connectivity index (χ1) is 8.24. The van der Waals surface area contributed by atoms with Gasteiger partial charge < -0.3 is 10.6 Å². The lowest BCUT2D eigenvalue weighted by Gasteiger charge is -2.23. The van der Waals surface area contributed by atoms with Gasteiger partial charge in [0.1, 0.15) is 5.82 Å². The summed E-state index contributed by atoms with van der Waals surface area (Å²) in [5.74, 6) is 1.88. The van der Waals surface area contributed by atoms with Gasteiger partial charge in [-0.1, -0.05) is 18.5 Å². The average Bonchev–Trinajstić information content (AvgIpc) is 3.13. The van der Waals surface area contributed by atoms with Crippen LogP contribution in [0.15, 0.2) is 12.3 Å². The van der Waals surface area contributed by atoms with Gasteiger partial charge in [-0.25, -0.2) is 4.98 Å². The van der Waals surface area contributed by atoms with Crippen molar-refractivity contribution in [1.82, 2.24) is 4.98 Å². The molecule has 1 aromatic heterocycles. The summed E-state index contributed by atoms with van der Waals surface area (Å²) in [4.78, 5) is 6.78. The highest BCUT2D eigenvalue weighted by Gasteiger charge is 2.24. The van der Waals surface area contributed by atoms with E-state index in [1.165, 1.54) is 12.8 Å². The number of rotatable bonds is 6. The molecule has 0 amide bonds. The zero-order valence-corrected chi connectivity index (χ0v) is 11.1. The van der Waals surface area contributed by atoms with Crippen molar-refractivity contribution >= 4 is 17.4 Å². The number of hydrogen-bond donors (Lipinski definition) is 1. The largest absolute Gasteiger partial charge is 0.356 e. The number of nitrogens with zero attached hydrogens (tertiary/aromatic N) is 2. The first-order valence-electron chi connectivity index (χ1n) is 6.34. The summed E-state index contributed by atoms with van der Waals surface area (Å²) >= 11 is 6.04. The Bertz CT molecular complexity index is 377. The molecule has 1 heterocycles. The lowest BCUT2D eigenvalue weighted by atomic mass is 10.2. The maximum atomic E-state index is 6.04. The average molecular weight is 254 g/mol. The molecule has 2 N–H and O–H groups in total. The minimum atomic E-state index is 0.470. The van der Waals surface area contributed by atoms with Crippen LogP contribution in [0.4, 0.5) is 5.82 Å².